The Morgan fingerprint density at radius 3 is 2.57 bits per heavy atom. The van der Waals surface area contributed by atoms with Crippen molar-refractivity contribution in [1.82, 2.24) is 0 Å². The summed E-state index contributed by atoms with van der Waals surface area (Å²) in [6.45, 7) is 0. The lowest BCUT2D eigenvalue weighted by Gasteiger charge is -1.77. The molecule has 0 N–H and O–H groups in total. The molecule has 0 aromatic heterocycles. The largest absolute Gasteiger partial charge is 0.399 e. The van der Waals surface area contributed by atoms with Crippen molar-refractivity contribution in [2.45, 2.75) is 0 Å². The topological polar surface area (TPSA) is 34.0 Å². The van der Waals surface area contributed by atoms with Gasteiger partial charge < -0.3 is 4.84 Å². The van der Waals surface area contributed by atoms with Gasteiger partial charge in [-0.2, -0.15) is 0 Å². The summed E-state index contributed by atoms with van der Waals surface area (Å²) in [5, 5.41) is 3.39. The Balaban J connectivity index is 3.09. The molecule has 0 rings (SSSR count). The summed E-state index contributed by atoms with van der Waals surface area (Å²) >= 11 is 0. The fourth-order valence-corrected chi connectivity index (χ4v) is 0.155. The molecule has 0 aromatic rings. The molecule has 0 atom stereocenters. The van der Waals surface area contributed by atoms with E-state index >= 15 is 0 Å². The van der Waals surface area contributed by atoms with E-state index in [0.29, 0.717) is 0 Å². The molecule has 0 radical (unpaired) electrons. The van der Waals surface area contributed by atoms with Crippen LogP contribution in [0, 0.1) is 0 Å². The van der Waals surface area contributed by atoms with Gasteiger partial charge in [0.25, 0.3) is 0 Å². The first kappa shape index (κ1) is 6.14. The summed E-state index contributed by atoms with van der Waals surface area (Å²) in [4.78, 5) is 7.94. The number of hydrogen-bond donors (Lipinski definition) is 0. The zero-order valence-corrected chi connectivity index (χ0v) is 4.46. The molecular formula is C4H8N2O. The minimum absolute atomic E-state index is 1.47. The van der Waals surface area contributed by atoms with Crippen molar-refractivity contribution in [3.63, 3.8) is 0 Å². The lowest BCUT2D eigenvalue weighted by molar-refractivity contribution is 0.216. The number of hydrogen-bond acceptors (Lipinski definition) is 3. The average molecular weight is 100 g/mol. The molecule has 0 amide bonds. The van der Waals surface area contributed by atoms with Crippen LogP contribution in [0.5, 0.6) is 0 Å². The number of aliphatic imine (C=N–C) groups is 1. The first-order valence-electron chi connectivity index (χ1n) is 1.89. The van der Waals surface area contributed by atoms with Crippen LogP contribution in [0.15, 0.2) is 10.1 Å². The minimum atomic E-state index is 1.47. The lowest BCUT2D eigenvalue weighted by atomic mass is 10.8. The maximum absolute atomic E-state index is 4.32. The summed E-state index contributed by atoms with van der Waals surface area (Å²) < 4.78 is 0. The van der Waals surface area contributed by atoms with E-state index in [0.717, 1.165) is 0 Å². The summed E-state index contributed by atoms with van der Waals surface area (Å²) in [5.41, 5.74) is 0. The van der Waals surface area contributed by atoms with Crippen LogP contribution in [-0.2, 0) is 4.84 Å². The standard InChI is InChI=1S/C4H8N2O/c1-5-3-4-6-7-2/h3-4H,1-2H3/b5-3?,6-4-. The van der Waals surface area contributed by atoms with Gasteiger partial charge in [-0.1, -0.05) is 5.16 Å². The molecule has 0 aliphatic carbocycles. The Labute approximate surface area is 42.7 Å². The first-order valence-corrected chi connectivity index (χ1v) is 1.89. The van der Waals surface area contributed by atoms with Crippen molar-refractivity contribution in [1.29, 1.82) is 0 Å². The highest BCUT2D eigenvalue weighted by Crippen LogP contribution is 1.58. The molecule has 0 unspecified atom stereocenters. The van der Waals surface area contributed by atoms with E-state index in [1.54, 1.807) is 13.3 Å². The summed E-state index contributed by atoms with van der Waals surface area (Å²) in [5.74, 6) is 0. The summed E-state index contributed by atoms with van der Waals surface area (Å²) in [7, 11) is 3.15. The van der Waals surface area contributed by atoms with E-state index in [2.05, 4.69) is 15.0 Å². The Bertz CT molecular complexity index is 77.8. The van der Waals surface area contributed by atoms with Crippen molar-refractivity contribution in [2.75, 3.05) is 14.2 Å². The monoisotopic (exact) mass is 100 g/mol. The van der Waals surface area contributed by atoms with Crippen molar-refractivity contribution in [3.05, 3.63) is 0 Å². The van der Waals surface area contributed by atoms with Crippen LogP contribution in [0.3, 0.4) is 0 Å². The number of nitrogens with zero attached hydrogens (tertiary/aromatic N) is 2. The van der Waals surface area contributed by atoms with Gasteiger partial charge >= 0.3 is 0 Å². The highest BCUT2D eigenvalue weighted by molar-refractivity contribution is 6.15. The van der Waals surface area contributed by atoms with Gasteiger partial charge in [0.1, 0.15) is 7.11 Å². The van der Waals surface area contributed by atoms with Gasteiger partial charge in [-0.15, -0.1) is 0 Å². The Morgan fingerprint density at radius 1 is 1.43 bits per heavy atom. The fourth-order valence-electron chi connectivity index (χ4n) is 0.155. The molecule has 0 aromatic carbocycles. The Morgan fingerprint density at radius 2 is 2.14 bits per heavy atom. The average Bonchev–Trinajstić information content (AvgIpc) is 1.69. The highest BCUT2D eigenvalue weighted by Gasteiger charge is 1.57. The van der Waals surface area contributed by atoms with Gasteiger partial charge in [0.2, 0.25) is 0 Å². The van der Waals surface area contributed by atoms with Crippen LogP contribution in [0.2, 0.25) is 0 Å². The maximum Gasteiger partial charge on any atom is 0.106 e. The first-order chi connectivity index (χ1) is 3.41. The molecule has 40 valence electrons. The van der Waals surface area contributed by atoms with Gasteiger partial charge in [0, 0.05) is 13.3 Å². The minimum Gasteiger partial charge on any atom is -0.399 e. The SMILES string of the molecule is CN=C/C=N\OC. The van der Waals surface area contributed by atoms with Crippen molar-refractivity contribution in [2.24, 2.45) is 10.1 Å². The van der Waals surface area contributed by atoms with Gasteiger partial charge in [0.15, 0.2) is 0 Å². The molecule has 3 heteroatoms. The lowest BCUT2D eigenvalue weighted by Crippen LogP contribution is -1.74. The van der Waals surface area contributed by atoms with Gasteiger partial charge in [0.05, 0.1) is 6.21 Å². The Kier molecular flexibility index (Phi) is 4.51. The van der Waals surface area contributed by atoms with Crippen LogP contribution in [-0.4, -0.2) is 26.6 Å². The van der Waals surface area contributed by atoms with Crippen molar-refractivity contribution >= 4 is 12.4 Å². The third-order valence-electron chi connectivity index (χ3n) is 0.382. The second-order valence-electron chi connectivity index (χ2n) is 0.844. The van der Waals surface area contributed by atoms with Crippen LogP contribution >= 0.6 is 0 Å². The van der Waals surface area contributed by atoms with E-state index in [1.807, 2.05) is 0 Å². The van der Waals surface area contributed by atoms with E-state index < -0.39 is 0 Å². The molecule has 0 aliphatic heterocycles. The molecular weight excluding hydrogens is 92.1 g/mol. The number of rotatable bonds is 2. The summed E-state index contributed by atoms with van der Waals surface area (Å²) in [6, 6.07) is 0. The van der Waals surface area contributed by atoms with E-state index in [-0.39, 0.29) is 0 Å². The third-order valence-corrected chi connectivity index (χ3v) is 0.382. The highest BCUT2D eigenvalue weighted by atomic mass is 16.6. The Hall–Kier alpha value is -0.860. The quantitative estimate of drug-likeness (QED) is 0.363. The number of oxime groups is 1. The molecule has 3 nitrogen and oxygen atoms in total. The predicted molar refractivity (Wildman–Crippen MR) is 29.9 cm³/mol. The predicted octanol–water partition coefficient (Wildman–Crippen LogP) is 0.319. The van der Waals surface area contributed by atoms with E-state index in [9.17, 15) is 0 Å². The van der Waals surface area contributed by atoms with Crippen LogP contribution in [0.25, 0.3) is 0 Å². The van der Waals surface area contributed by atoms with Gasteiger partial charge in [-0.25, -0.2) is 0 Å². The molecule has 0 fully saturated rings. The third kappa shape index (κ3) is 5.14. The zero-order valence-electron chi connectivity index (χ0n) is 4.46. The maximum atomic E-state index is 4.32. The van der Waals surface area contributed by atoms with Crippen molar-refractivity contribution in [3.8, 4) is 0 Å². The molecule has 0 saturated heterocycles. The molecule has 7 heavy (non-hydrogen) atoms. The molecule has 0 spiro atoms. The second kappa shape index (κ2) is 5.14. The van der Waals surface area contributed by atoms with Crippen molar-refractivity contribution < 1.29 is 4.84 Å². The summed E-state index contributed by atoms with van der Waals surface area (Å²) in [6.07, 6.45) is 3.02. The van der Waals surface area contributed by atoms with E-state index in [4.69, 9.17) is 0 Å². The van der Waals surface area contributed by atoms with Gasteiger partial charge in [-0.3, -0.25) is 4.99 Å². The molecule has 0 bridgehead atoms. The van der Waals surface area contributed by atoms with Gasteiger partial charge in [-0.05, 0) is 0 Å². The molecule has 0 saturated carbocycles. The van der Waals surface area contributed by atoms with E-state index in [1.165, 1.54) is 13.3 Å². The van der Waals surface area contributed by atoms with Crippen LogP contribution in [0.4, 0.5) is 0 Å². The fraction of sp³-hybridized carbons (Fsp3) is 0.500. The molecule has 0 heterocycles. The van der Waals surface area contributed by atoms with Crippen LogP contribution < -0.4 is 0 Å². The van der Waals surface area contributed by atoms with Crippen LogP contribution in [0.1, 0.15) is 0 Å². The normalized spacial score (nSPS) is 11.1. The smallest absolute Gasteiger partial charge is 0.106 e. The second-order valence-corrected chi connectivity index (χ2v) is 0.844. The molecule has 0 aliphatic rings. The zero-order chi connectivity index (χ0) is 5.54.